The van der Waals surface area contributed by atoms with Crippen LogP contribution in [0.3, 0.4) is 0 Å². The number of carboxylic acids is 1. The molecule has 3 unspecified atom stereocenters. The van der Waals surface area contributed by atoms with Crippen LogP contribution in [-0.2, 0) is 32.7 Å². The number of phosphoric acid groups is 1. The molecular weight excluding hydrogens is 854 g/mol. The highest BCUT2D eigenvalue weighted by molar-refractivity contribution is 7.47. The van der Waals surface area contributed by atoms with Gasteiger partial charge in [0.1, 0.15) is 12.7 Å². The number of carbonyl (C=O) groups excluding carboxylic acids is 2. The number of nitrogens with one attached hydrogen (secondary N) is 1. The van der Waals surface area contributed by atoms with Crippen molar-refractivity contribution in [2.75, 3.05) is 19.8 Å². The van der Waals surface area contributed by atoms with E-state index in [-0.39, 0.29) is 12.8 Å². The Morgan fingerprint density at radius 3 is 1.35 bits per heavy atom. The molecule has 0 aromatic rings. The summed E-state index contributed by atoms with van der Waals surface area (Å²) in [6, 6.07) is -1.60. The minimum Gasteiger partial charge on any atom is -0.480 e. The maximum atomic E-state index is 12.3. The molecule has 0 aromatic heterocycles. The first-order chi connectivity index (χ1) is 32.1. The summed E-state index contributed by atoms with van der Waals surface area (Å²) >= 11 is 0. The number of rotatable bonds is 44. The van der Waals surface area contributed by atoms with E-state index < -0.39 is 57.6 Å². The molecule has 0 rings (SSSR count). The van der Waals surface area contributed by atoms with E-state index in [9.17, 15) is 34.1 Å². The van der Waals surface area contributed by atoms with E-state index in [1.807, 2.05) is 18.2 Å². The molecule has 0 saturated carbocycles. The molecule has 0 aromatic carbocycles. The molecule has 0 bridgehead atoms. The van der Waals surface area contributed by atoms with Crippen molar-refractivity contribution in [2.24, 2.45) is 0 Å². The fourth-order valence-corrected chi connectivity index (χ4v) is 6.74. The molecule has 0 aliphatic carbocycles. The van der Waals surface area contributed by atoms with Gasteiger partial charge in [0, 0.05) is 12.8 Å². The van der Waals surface area contributed by atoms with Gasteiger partial charge in [0.15, 0.2) is 6.04 Å². The van der Waals surface area contributed by atoms with Crippen LogP contribution in [0.5, 0.6) is 0 Å². The first-order valence-electron chi connectivity index (χ1n) is 24.6. The van der Waals surface area contributed by atoms with Crippen molar-refractivity contribution in [3.05, 3.63) is 122 Å². The minimum atomic E-state index is -4.79. The molecule has 0 saturated heterocycles. The summed E-state index contributed by atoms with van der Waals surface area (Å²) in [7, 11) is -4.79. The Labute approximate surface area is 398 Å². The van der Waals surface area contributed by atoms with E-state index in [0.717, 1.165) is 83.5 Å². The fourth-order valence-electron chi connectivity index (χ4n) is 5.97. The predicted molar refractivity (Wildman–Crippen MR) is 272 cm³/mol. The number of carboxylic acid groups (broad SMARTS) is 1. The second-order valence-corrected chi connectivity index (χ2v) is 17.4. The molecule has 11 nitrogen and oxygen atoms in total. The standard InChI is InChI=1S/C54H86NO10P/c1-3-5-7-9-11-13-15-17-19-21-23-24-25-26-28-30-32-34-36-38-40-42-44-46-53(58)63-47-50(56)48-64-66(61,62)65-49-51(54(59)60)55-52(57)45-43-41-39-37-35-33-31-29-27-22-20-18-16-14-12-10-8-6-4-2/h6,8,11-14,17-20,23-24,26-29,33,35,39,41,50-51,56H,3-5,7,9-10,15-16,21-22,25,30-32,34,36-38,40,42-49H2,1-2H3,(H,55,57)(H,59,60)(H,61,62)/b8-6-,13-11-,14-12-,19-17-,20-18-,24-23-,28-26-,29-27-,35-33-,41-39-. The van der Waals surface area contributed by atoms with Crippen molar-refractivity contribution < 1.29 is 47.8 Å². The zero-order valence-corrected chi connectivity index (χ0v) is 41.3. The van der Waals surface area contributed by atoms with Crippen LogP contribution in [0, 0.1) is 0 Å². The summed E-state index contributed by atoms with van der Waals surface area (Å²) in [5.41, 5.74) is 0. The Bertz CT molecular complexity index is 1570. The maximum absolute atomic E-state index is 12.3. The molecule has 66 heavy (non-hydrogen) atoms. The zero-order chi connectivity index (χ0) is 48.4. The first kappa shape index (κ1) is 61.9. The summed E-state index contributed by atoms with van der Waals surface area (Å²) in [4.78, 5) is 46.0. The summed E-state index contributed by atoms with van der Waals surface area (Å²) in [5, 5.41) is 21.8. The molecule has 12 heteroatoms. The van der Waals surface area contributed by atoms with Crippen molar-refractivity contribution in [3.63, 3.8) is 0 Å². The fraction of sp³-hybridized carbons (Fsp3) is 0.574. The monoisotopic (exact) mass is 940 g/mol. The van der Waals surface area contributed by atoms with Crippen LogP contribution in [0.2, 0.25) is 0 Å². The number of aliphatic carboxylic acids is 1. The van der Waals surface area contributed by atoms with E-state index in [2.05, 4.69) is 122 Å². The van der Waals surface area contributed by atoms with Crippen LogP contribution in [0.4, 0.5) is 0 Å². The highest BCUT2D eigenvalue weighted by atomic mass is 31.2. The molecule has 3 atom stereocenters. The summed E-state index contributed by atoms with van der Waals surface area (Å²) < 4.78 is 26.9. The van der Waals surface area contributed by atoms with Crippen molar-refractivity contribution in [2.45, 2.75) is 180 Å². The Hall–Kier alpha value is -4.12. The van der Waals surface area contributed by atoms with Crippen LogP contribution in [-0.4, -0.2) is 64.9 Å². The number of aliphatic hydroxyl groups is 1. The first-order valence-corrected chi connectivity index (χ1v) is 26.1. The highest BCUT2D eigenvalue weighted by Gasteiger charge is 2.28. The van der Waals surface area contributed by atoms with E-state index in [1.165, 1.54) is 38.5 Å². The summed E-state index contributed by atoms with van der Waals surface area (Å²) in [5.74, 6) is -2.52. The number of ether oxygens (including phenoxy) is 1. The lowest BCUT2D eigenvalue weighted by Crippen LogP contribution is -2.43. The van der Waals surface area contributed by atoms with Gasteiger partial charge < -0.3 is 25.2 Å². The number of aliphatic hydroxyl groups excluding tert-OH is 1. The quantitative estimate of drug-likeness (QED) is 0.0200. The number of hydrogen-bond acceptors (Lipinski definition) is 8. The van der Waals surface area contributed by atoms with Gasteiger partial charge in [-0.2, -0.15) is 0 Å². The topological polar surface area (TPSA) is 169 Å². The van der Waals surface area contributed by atoms with Gasteiger partial charge in [-0.1, -0.05) is 180 Å². The normalized spacial score (nSPS) is 14.6. The van der Waals surface area contributed by atoms with E-state index in [4.69, 9.17) is 13.8 Å². The molecule has 0 radical (unpaired) electrons. The van der Waals surface area contributed by atoms with Crippen molar-refractivity contribution >= 4 is 25.7 Å². The second-order valence-electron chi connectivity index (χ2n) is 15.9. The van der Waals surface area contributed by atoms with Gasteiger partial charge in [0.2, 0.25) is 5.91 Å². The number of hydrogen-bond donors (Lipinski definition) is 4. The van der Waals surface area contributed by atoms with Crippen LogP contribution < -0.4 is 5.32 Å². The molecule has 1 amide bonds. The van der Waals surface area contributed by atoms with Crippen LogP contribution >= 0.6 is 7.82 Å². The Morgan fingerprint density at radius 1 is 0.500 bits per heavy atom. The van der Waals surface area contributed by atoms with Gasteiger partial charge in [-0.15, -0.1) is 0 Å². The SMILES string of the molecule is CC/C=C\C/C=C\C/C=C\C/C=C\C/C=C\C/C=C\CCC(=O)NC(COP(=O)(O)OCC(O)COC(=O)CCCCCCCCC/C=C\C/C=C\C/C=C\C/C=C\CCCCC)C(=O)O. The Balaban J connectivity index is 3.98. The molecule has 0 fully saturated rings. The third kappa shape index (κ3) is 46.4. The lowest BCUT2D eigenvalue weighted by Gasteiger charge is -2.18. The molecule has 0 aliphatic rings. The van der Waals surface area contributed by atoms with Crippen LogP contribution in [0.25, 0.3) is 0 Å². The molecule has 372 valence electrons. The Kier molecular flexibility index (Phi) is 44.4. The van der Waals surface area contributed by atoms with Crippen molar-refractivity contribution in [1.82, 2.24) is 5.32 Å². The smallest absolute Gasteiger partial charge is 0.472 e. The van der Waals surface area contributed by atoms with Crippen LogP contribution in [0.15, 0.2) is 122 Å². The molecule has 4 N–H and O–H groups in total. The molecule has 0 spiro atoms. The number of unbranched alkanes of at least 4 members (excludes halogenated alkanes) is 10. The van der Waals surface area contributed by atoms with Gasteiger partial charge >= 0.3 is 19.8 Å². The van der Waals surface area contributed by atoms with E-state index in [1.54, 1.807) is 0 Å². The third-order valence-electron chi connectivity index (χ3n) is 9.75. The predicted octanol–water partition coefficient (Wildman–Crippen LogP) is 13.6. The van der Waals surface area contributed by atoms with E-state index in [0.29, 0.717) is 19.3 Å². The average molecular weight is 940 g/mol. The number of amides is 1. The molecular formula is C54H86NO10P. The van der Waals surface area contributed by atoms with Gasteiger partial charge in [0.05, 0.1) is 13.2 Å². The van der Waals surface area contributed by atoms with Gasteiger partial charge in [0.25, 0.3) is 0 Å². The van der Waals surface area contributed by atoms with Crippen LogP contribution in [0.1, 0.15) is 168 Å². The molecule has 0 heterocycles. The van der Waals surface area contributed by atoms with Crippen molar-refractivity contribution in [1.29, 1.82) is 0 Å². The van der Waals surface area contributed by atoms with Crippen molar-refractivity contribution in [3.8, 4) is 0 Å². The third-order valence-corrected chi connectivity index (χ3v) is 10.7. The largest absolute Gasteiger partial charge is 0.480 e. The molecule has 0 aliphatic heterocycles. The number of esters is 1. The zero-order valence-electron chi connectivity index (χ0n) is 40.4. The second kappa shape index (κ2) is 47.4. The van der Waals surface area contributed by atoms with Gasteiger partial charge in [-0.3, -0.25) is 18.6 Å². The maximum Gasteiger partial charge on any atom is 0.472 e. The highest BCUT2D eigenvalue weighted by Crippen LogP contribution is 2.43. The van der Waals surface area contributed by atoms with Gasteiger partial charge in [-0.05, 0) is 96.3 Å². The number of carbonyl (C=O) groups is 3. The number of allylic oxidation sites excluding steroid dienone is 20. The van der Waals surface area contributed by atoms with Gasteiger partial charge in [-0.25, -0.2) is 9.36 Å². The Morgan fingerprint density at radius 2 is 0.894 bits per heavy atom. The lowest BCUT2D eigenvalue weighted by atomic mass is 10.1. The number of phosphoric ester groups is 1. The average Bonchev–Trinajstić information content (AvgIpc) is 3.29. The van der Waals surface area contributed by atoms with E-state index >= 15 is 0 Å². The minimum absolute atomic E-state index is 0.0123. The summed E-state index contributed by atoms with van der Waals surface area (Å²) in [6.07, 6.45) is 63.8. The lowest BCUT2D eigenvalue weighted by molar-refractivity contribution is -0.147. The summed E-state index contributed by atoms with van der Waals surface area (Å²) in [6.45, 7) is 2.38.